The van der Waals surface area contributed by atoms with Gasteiger partial charge in [0.05, 0.1) is 0 Å². The molecule has 0 fully saturated rings. The number of rotatable bonds is 2. The van der Waals surface area contributed by atoms with Gasteiger partial charge in [0.1, 0.15) is 0 Å². The van der Waals surface area contributed by atoms with Crippen molar-refractivity contribution < 1.29 is 0 Å². The molecule has 0 spiro atoms. The van der Waals surface area contributed by atoms with Gasteiger partial charge in [0.2, 0.25) is 0 Å². The van der Waals surface area contributed by atoms with Crippen molar-refractivity contribution in [3.63, 3.8) is 0 Å². The molecule has 0 aromatic heterocycles. The number of benzene rings is 1. The molecule has 0 atom stereocenters. The summed E-state index contributed by atoms with van der Waals surface area (Å²) in [6.07, 6.45) is 0. The molecule has 0 aliphatic rings. The number of guanidine groups is 1. The van der Waals surface area contributed by atoms with Gasteiger partial charge in [-0.25, -0.2) is 0 Å². The van der Waals surface area contributed by atoms with Crippen molar-refractivity contribution in [1.29, 1.82) is 0 Å². The predicted octanol–water partition coefficient (Wildman–Crippen LogP) is 2.56. The quantitative estimate of drug-likeness (QED) is 0.506. The molecule has 0 bridgehead atoms. The van der Waals surface area contributed by atoms with Gasteiger partial charge in [0.25, 0.3) is 0 Å². The van der Waals surface area contributed by atoms with Crippen LogP contribution in [0.25, 0.3) is 0 Å². The van der Waals surface area contributed by atoms with Crippen LogP contribution < -0.4 is 5.32 Å². The Kier molecular flexibility index (Phi) is 7.18. The maximum Gasteiger partial charge on any atom is 0.193 e. The molecular formula is C13H22IN3. The average Bonchev–Trinajstić information content (AvgIpc) is 2.21. The third-order valence-corrected chi connectivity index (χ3v) is 2.57. The molecule has 0 saturated heterocycles. The number of aryl methyl sites for hydroxylation is 2. The first kappa shape index (κ1) is 16.2. The fourth-order valence-electron chi connectivity index (χ4n) is 1.66. The van der Waals surface area contributed by atoms with Gasteiger partial charge in [-0.3, -0.25) is 4.99 Å². The lowest BCUT2D eigenvalue weighted by molar-refractivity contribution is 0.582. The SMILES string of the molecule is CN=C(NCc1ccc(C)cc1C)N(C)C.I. The highest BCUT2D eigenvalue weighted by atomic mass is 127. The zero-order valence-corrected chi connectivity index (χ0v) is 13.6. The van der Waals surface area contributed by atoms with Crippen LogP contribution in [0.3, 0.4) is 0 Å². The Balaban J connectivity index is 0.00000256. The largest absolute Gasteiger partial charge is 0.352 e. The summed E-state index contributed by atoms with van der Waals surface area (Å²) in [7, 11) is 5.76. The van der Waals surface area contributed by atoms with E-state index in [4.69, 9.17) is 0 Å². The van der Waals surface area contributed by atoms with Crippen LogP contribution in [0.2, 0.25) is 0 Å². The van der Waals surface area contributed by atoms with Crippen LogP contribution in [0.15, 0.2) is 23.2 Å². The minimum Gasteiger partial charge on any atom is -0.352 e. The standard InChI is InChI=1S/C13H21N3.HI/c1-10-6-7-12(11(2)8-10)9-15-13(14-3)16(4)5;/h6-8H,9H2,1-5H3,(H,14,15);1H. The summed E-state index contributed by atoms with van der Waals surface area (Å²) in [5.74, 6) is 0.903. The van der Waals surface area contributed by atoms with Crippen LogP contribution in [0.5, 0.6) is 0 Å². The summed E-state index contributed by atoms with van der Waals surface area (Å²) in [5.41, 5.74) is 3.94. The summed E-state index contributed by atoms with van der Waals surface area (Å²) >= 11 is 0. The molecule has 1 rings (SSSR count). The van der Waals surface area contributed by atoms with E-state index in [-0.39, 0.29) is 24.0 Å². The van der Waals surface area contributed by atoms with Crippen molar-refractivity contribution in [2.24, 2.45) is 4.99 Å². The molecule has 0 aliphatic heterocycles. The van der Waals surface area contributed by atoms with Gasteiger partial charge in [-0.15, -0.1) is 24.0 Å². The Morgan fingerprint density at radius 3 is 2.41 bits per heavy atom. The van der Waals surface area contributed by atoms with Gasteiger partial charge in [-0.2, -0.15) is 0 Å². The minimum atomic E-state index is 0. The molecule has 1 aromatic rings. The van der Waals surface area contributed by atoms with Crippen LogP contribution in [-0.2, 0) is 6.54 Å². The van der Waals surface area contributed by atoms with E-state index in [1.165, 1.54) is 16.7 Å². The molecule has 0 unspecified atom stereocenters. The summed E-state index contributed by atoms with van der Waals surface area (Å²) in [4.78, 5) is 6.16. The van der Waals surface area contributed by atoms with E-state index in [9.17, 15) is 0 Å². The van der Waals surface area contributed by atoms with Crippen molar-refractivity contribution in [2.45, 2.75) is 20.4 Å². The van der Waals surface area contributed by atoms with E-state index in [2.05, 4.69) is 42.4 Å². The maximum atomic E-state index is 4.18. The summed E-state index contributed by atoms with van der Waals surface area (Å²) in [5, 5.41) is 3.32. The van der Waals surface area contributed by atoms with Crippen molar-refractivity contribution in [1.82, 2.24) is 10.2 Å². The lowest BCUT2D eigenvalue weighted by Gasteiger charge is -2.17. The fraction of sp³-hybridized carbons (Fsp3) is 0.462. The Labute approximate surface area is 121 Å². The molecule has 1 aromatic carbocycles. The Morgan fingerprint density at radius 2 is 1.94 bits per heavy atom. The summed E-state index contributed by atoms with van der Waals surface area (Å²) < 4.78 is 0. The Bertz CT molecular complexity index is 386. The van der Waals surface area contributed by atoms with E-state index in [1.54, 1.807) is 7.05 Å². The lowest BCUT2D eigenvalue weighted by Crippen LogP contribution is -2.35. The number of aliphatic imine (C=N–C) groups is 1. The maximum absolute atomic E-state index is 4.18. The fourth-order valence-corrected chi connectivity index (χ4v) is 1.66. The minimum absolute atomic E-state index is 0. The zero-order valence-electron chi connectivity index (χ0n) is 11.2. The highest BCUT2D eigenvalue weighted by Crippen LogP contribution is 2.09. The number of nitrogens with one attached hydrogen (secondary N) is 1. The van der Waals surface area contributed by atoms with Gasteiger partial charge in [-0.05, 0) is 25.0 Å². The van der Waals surface area contributed by atoms with E-state index < -0.39 is 0 Å². The van der Waals surface area contributed by atoms with Gasteiger partial charge in [0.15, 0.2) is 5.96 Å². The topological polar surface area (TPSA) is 27.6 Å². The van der Waals surface area contributed by atoms with Crippen molar-refractivity contribution in [3.8, 4) is 0 Å². The third kappa shape index (κ3) is 4.93. The molecule has 0 aliphatic carbocycles. The monoisotopic (exact) mass is 347 g/mol. The van der Waals surface area contributed by atoms with Crippen LogP contribution in [0.4, 0.5) is 0 Å². The first-order chi connectivity index (χ1) is 7.54. The Hall–Kier alpha value is -0.780. The number of hydrogen-bond acceptors (Lipinski definition) is 1. The Morgan fingerprint density at radius 1 is 1.29 bits per heavy atom. The predicted molar refractivity (Wildman–Crippen MR) is 85.2 cm³/mol. The molecule has 3 nitrogen and oxygen atoms in total. The van der Waals surface area contributed by atoms with Crippen LogP contribution in [0.1, 0.15) is 16.7 Å². The van der Waals surface area contributed by atoms with Gasteiger partial charge < -0.3 is 10.2 Å². The molecule has 0 amide bonds. The molecule has 96 valence electrons. The molecule has 0 radical (unpaired) electrons. The van der Waals surface area contributed by atoms with Gasteiger partial charge >= 0.3 is 0 Å². The number of nitrogens with zero attached hydrogens (tertiary/aromatic N) is 2. The summed E-state index contributed by atoms with van der Waals surface area (Å²) in [6, 6.07) is 6.51. The second-order valence-corrected chi connectivity index (χ2v) is 4.23. The summed E-state index contributed by atoms with van der Waals surface area (Å²) in [6.45, 7) is 5.07. The van der Waals surface area contributed by atoms with E-state index >= 15 is 0 Å². The van der Waals surface area contributed by atoms with Gasteiger partial charge in [-0.1, -0.05) is 23.8 Å². The van der Waals surface area contributed by atoms with Crippen molar-refractivity contribution in [3.05, 3.63) is 34.9 Å². The molecule has 0 saturated carbocycles. The van der Waals surface area contributed by atoms with E-state index in [0.29, 0.717) is 0 Å². The number of hydrogen-bond donors (Lipinski definition) is 1. The highest BCUT2D eigenvalue weighted by Gasteiger charge is 2.02. The first-order valence-corrected chi connectivity index (χ1v) is 5.48. The van der Waals surface area contributed by atoms with E-state index in [0.717, 1.165) is 12.5 Å². The average molecular weight is 347 g/mol. The molecule has 4 heteroatoms. The van der Waals surface area contributed by atoms with Crippen LogP contribution in [-0.4, -0.2) is 32.0 Å². The van der Waals surface area contributed by atoms with Crippen LogP contribution in [0, 0.1) is 13.8 Å². The van der Waals surface area contributed by atoms with Gasteiger partial charge in [0, 0.05) is 27.7 Å². The second kappa shape index (κ2) is 7.53. The molecule has 0 heterocycles. The molecular weight excluding hydrogens is 325 g/mol. The lowest BCUT2D eigenvalue weighted by atomic mass is 10.1. The zero-order chi connectivity index (χ0) is 12.1. The second-order valence-electron chi connectivity index (χ2n) is 4.23. The normalized spacial score (nSPS) is 10.8. The smallest absolute Gasteiger partial charge is 0.193 e. The van der Waals surface area contributed by atoms with Crippen LogP contribution >= 0.6 is 24.0 Å². The molecule has 1 N–H and O–H groups in total. The number of halogens is 1. The first-order valence-electron chi connectivity index (χ1n) is 5.48. The van der Waals surface area contributed by atoms with Crippen molar-refractivity contribution in [2.75, 3.05) is 21.1 Å². The van der Waals surface area contributed by atoms with E-state index in [1.807, 2.05) is 19.0 Å². The van der Waals surface area contributed by atoms with Crippen molar-refractivity contribution >= 4 is 29.9 Å². The third-order valence-electron chi connectivity index (χ3n) is 2.57. The highest BCUT2D eigenvalue weighted by molar-refractivity contribution is 14.0. The molecule has 17 heavy (non-hydrogen) atoms.